The highest BCUT2D eigenvalue weighted by atomic mass is 31.1. The van der Waals surface area contributed by atoms with Crippen molar-refractivity contribution >= 4 is 7.92 Å². The molecule has 0 aromatic carbocycles. The smallest absolute Gasteiger partial charge is 0.0329 e. The molecule has 0 aromatic rings. The Morgan fingerprint density at radius 3 is 2.25 bits per heavy atom. The minimum atomic E-state index is 0.416. The normalized spacial score (nSPS) is 13.9. The molecular formula is C7H17P. The highest BCUT2D eigenvalue weighted by Crippen LogP contribution is 2.30. The lowest BCUT2D eigenvalue weighted by atomic mass is 10.4. The first-order valence-corrected chi connectivity index (χ1v) is 5.65. The van der Waals surface area contributed by atoms with Crippen LogP contribution in [0.1, 0.15) is 26.7 Å². The number of rotatable bonds is 4. The Bertz CT molecular complexity index is 43.7. The SMILES string of the molecule is CCCCP(C)CC. The van der Waals surface area contributed by atoms with E-state index in [0.717, 1.165) is 0 Å². The molecule has 1 atom stereocenters. The van der Waals surface area contributed by atoms with Crippen molar-refractivity contribution in [2.45, 2.75) is 26.7 Å². The Kier molecular flexibility index (Phi) is 5.86. The quantitative estimate of drug-likeness (QED) is 0.516. The summed E-state index contributed by atoms with van der Waals surface area (Å²) in [5.41, 5.74) is 0. The van der Waals surface area contributed by atoms with Gasteiger partial charge in [0.1, 0.15) is 0 Å². The van der Waals surface area contributed by atoms with Crippen LogP contribution in [0.2, 0.25) is 0 Å². The predicted molar refractivity (Wildman–Crippen MR) is 43.2 cm³/mol. The maximum absolute atomic E-state index is 2.39. The van der Waals surface area contributed by atoms with Crippen molar-refractivity contribution in [3.8, 4) is 0 Å². The second-order valence-corrected chi connectivity index (χ2v) is 5.04. The van der Waals surface area contributed by atoms with Crippen LogP contribution in [0.25, 0.3) is 0 Å². The molecule has 0 rings (SSSR count). The fourth-order valence-corrected chi connectivity index (χ4v) is 1.76. The molecule has 1 heteroatoms. The van der Waals surface area contributed by atoms with Gasteiger partial charge in [0.15, 0.2) is 0 Å². The minimum absolute atomic E-state index is 0.416. The number of unbranched alkanes of at least 4 members (excludes halogenated alkanes) is 1. The van der Waals surface area contributed by atoms with Gasteiger partial charge in [-0.3, -0.25) is 0 Å². The number of hydrogen-bond acceptors (Lipinski definition) is 0. The highest BCUT2D eigenvalue weighted by molar-refractivity contribution is 7.56. The maximum atomic E-state index is 2.39. The Balaban J connectivity index is 2.86. The summed E-state index contributed by atoms with van der Waals surface area (Å²) < 4.78 is 0. The van der Waals surface area contributed by atoms with Crippen LogP contribution < -0.4 is 0 Å². The van der Waals surface area contributed by atoms with Gasteiger partial charge in [0.2, 0.25) is 0 Å². The van der Waals surface area contributed by atoms with E-state index in [-0.39, 0.29) is 0 Å². The van der Waals surface area contributed by atoms with Crippen molar-refractivity contribution in [3.05, 3.63) is 0 Å². The Hall–Kier alpha value is 0.430. The van der Waals surface area contributed by atoms with Gasteiger partial charge in [-0.05, 0) is 25.4 Å². The standard InChI is InChI=1S/C7H17P/c1-4-6-7-8(3)5-2/h4-7H2,1-3H3. The van der Waals surface area contributed by atoms with E-state index in [9.17, 15) is 0 Å². The molecule has 0 aromatic heterocycles. The van der Waals surface area contributed by atoms with Crippen molar-refractivity contribution in [2.24, 2.45) is 0 Å². The molecule has 0 spiro atoms. The zero-order valence-electron chi connectivity index (χ0n) is 6.28. The summed E-state index contributed by atoms with van der Waals surface area (Å²) >= 11 is 0. The molecule has 8 heavy (non-hydrogen) atoms. The van der Waals surface area contributed by atoms with Crippen LogP contribution in [0.4, 0.5) is 0 Å². The molecule has 50 valence electrons. The fourth-order valence-electron chi connectivity index (χ4n) is 0.586. The van der Waals surface area contributed by atoms with E-state index < -0.39 is 0 Å². The molecule has 0 heterocycles. The van der Waals surface area contributed by atoms with Crippen LogP contribution in [0.5, 0.6) is 0 Å². The van der Waals surface area contributed by atoms with Crippen molar-refractivity contribution in [2.75, 3.05) is 19.0 Å². The molecule has 0 aliphatic carbocycles. The van der Waals surface area contributed by atoms with Crippen LogP contribution in [-0.4, -0.2) is 19.0 Å². The summed E-state index contributed by atoms with van der Waals surface area (Å²) in [5, 5.41) is 0. The van der Waals surface area contributed by atoms with Crippen molar-refractivity contribution < 1.29 is 0 Å². The monoisotopic (exact) mass is 132 g/mol. The van der Waals surface area contributed by atoms with E-state index in [1.807, 2.05) is 0 Å². The van der Waals surface area contributed by atoms with Gasteiger partial charge in [-0.15, -0.1) is 7.92 Å². The van der Waals surface area contributed by atoms with Crippen molar-refractivity contribution in [1.82, 2.24) is 0 Å². The van der Waals surface area contributed by atoms with E-state index >= 15 is 0 Å². The third-order valence-corrected chi connectivity index (χ3v) is 3.59. The van der Waals surface area contributed by atoms with Gasteiger partial charge in [-0.2, -0.15) is 0 Å². The highest BCUT2D eigenvalue weighted by Gasteiger charge is 1.93. The summed E-state index contributed by atoms with van der Waals surface area (Å²) in [5.74, 6) is 0. The van der Waals surface area contributed by atoms with E-state index in [2.05, 4.69) is 20.5 Å². The second-order valence-electron chi connectivity index (χ2n) is 2.25. The molecule has 0 nitrogen and oxygen atoms in total. The molecule has 0 saturated heterocycles. The summed E-state index contributed by atoms with van der Waals surface area (Å²) in [4.78, 5) is 0. The lowest BCUT2D eigenvalue weighted by Crippen LogP contribution is -1.83. The van der Waals surface area contributed by atoms with Crippen molar-refractivity contribution in [1.29, 1.82) is 0 Å². The molecule has 0 aliphatic rings. The summed E-state index contributed by atoms with van der Waals surface area (Å²) in [6.07, 6.45) is 5.71. The van der Waals surface area contributed by atoms with Gasteiger partial charge < -0.3 is 0 Å². The van der Waals surface area contributed by atoms with Gasteiger partial charge >= 0.3 is 0 Å². The fraction of sp³-hybridized carbons (Fsp3) is 1.00. The first-order chi connectivity index (χ1) is 3.81. The molecule has 0 amide bonds. The van der Waals surface area contributed by atoms with E-state index in [1.165, 1.54) is 25.2 Å². The predicted octanol–water partition coefficient (Wildman–Crippen LogP) is 2.92. The van der Waals surface area contributed by atoms with Crippen LogP contribution in [0.3, 0.4) is 0 Å². The van der Waals surface area contributed by atoms with Crippen molar-refractivity contribution in [3.63, 3.8) is 0 Å². The molecule has 1 unspecified atom stereocenters. The van der Waals surface area contributed by atoms with Crippen LogP contribution in [0.15, 0.2) is 0 Å². The van der Waals surface area contributed by atoms with Gasteiger partial charge in [0, 0.05) is 0 Å². The molecule has 0 aliphatic heterocycles. The lowest BCUT2D eigenvalue weighted by molar-refractivity contribution is 0.891. The first kappa shape index (κ1) is 8.43. The largest absolute Gasteiger partial charge is 0.110 e. The van der Waals surface area contributed by atoms with E-state index in [4.69, 9.17) is 0 Å². The maximum Gasteiger partial charge on any atom is -0.0329 e. The lowest BCUT2D eigenvalue weighted by Gasteiger charge is -2.05. The second kappa shape index (κ2) is 5.56. The van der Waals surface area contributed by atoms with E-state index in [0.29, 0.717) is 7.92 Å². The summed E-state index contributed by atoms with van der Waals surface area (Å²) in [6.45, 7) is 6.95. The third-order valence-electron chi connectivity index (χ3n) is 1.43. The van der Waals surface area contributed by atoms with Crippen LogP contribution in [0, 0.1) is 0 Å². The average Bonchev–Trinajstić information content (AvgIpc) is 1.83. The molecule has 0 bridgehead atoms. The van der Waals surface area contributed by atoms with Gasteiger partial charge in [0.25, 0.3) is 0 Å². The van der Waals surface area contributed by atoms with Gasteiger partial charge in [-0.25, -0.2) is 0 Å². The Labute approximate surface area is 54.4 Å². The Morgan fingerprint density at radius 2 is 1.88 bits per heavy atom. The summed E-state index contributed by atoms with van der Waals surface area (Å²) in [7, 11) is 0.416. The third kappa shape index (κ3) is 4.59. The van der Waals surface area contributed by atoms with Crippen LogP contribution in [-0.2, 0) is 0 Å². The average molecular weight is 132 g/mol. The molecule has 0 radical (unpaired) electrons. The molecule has 0 fully saturated rings. The molecule has 0 saturated carbocycles. The van der Waals surface area contributed by atoms with Gasteiger partial charge in [-0.1, -0.05) is 20.3 Å². The first-order valence-electron chi connectivity index (χ1n) is 3.49. The summed E-state index contributed by atoms with van der Waals surface area (Å²) in [6, 6.07) is 0. The molecule has 0 N–H and O–H groups in total. The Morgan fingerprint density at radius 1 is 1.25 bits per heavy atom. The minimum Gasteiger partial charge on any atom is -0.110 e. The zero-order chi connectivity index (χ0) is 6.41. The van der Waals surface area contributed by atoms with E-state index in [1.54, 1.807) is 0 Å². The van der Waals surface area contributed by atoms with Gasteiger partial charge in [0.05, 0.1) is 0 Å². The number of hydrogen-bond donors (Lipinski definition) is 0. The molecular weight excluding hydrogens is 115 g/mol. The van der Waals surface area contributed by atoms with Crippen LogP contribution >= 0.6 is 7.92 Å². The topological polar surface area (TPSA) is 0 Å². The zero-order valence-corrected chi connectivity index (χ0v) is 7.17.